The lowest BCUT2D eigenvalue weighted by Crippen LogP contribution is -2.36. The molecule has 1 amide bonds. The number of methoxy groups -OCH3 is 2. The van der Waals surface area contributed by atoms with Crippen LogP contribution in [0.4, 0.5) is 0 Å². The van der Waals surface area contributed by atoms with Crippen molar-refractivity contribution in [3.8, 4) is 17.6 Å². The first-order valence-electron chi connectivity index (χ1n) is 8.98. The molecule has 2 aromatic carbocycles. The normalized spacial score (nSPS) is 10.4. The SMILES string of the molecule is COc1ccc(OC)c(CCC(=O)N(Cc2ccc(C#N)cc2)C(C)C)c1. The van der Waals surface area contributed by atoms with Crippen molar-refractivity contribution >= 4 is 5.91 Å². The van der Waals surface area contributed by atoms with Gasteiger partial charge in [-0.3, -0.25) is 4.79 Å². The maximum Gasteiger partial charge on any atom is 0.223 e. The highest BCUT2D eigenvalue weighted by molar-refractivity contribution is 5.77. The number of nitrogens with zero attached hydrogens (tertiary/aromatic N) is 2. The van der Waals surface area contributed by atoms with E-state index >= 15 is 0 Å². The standard InChI is InChI=1S/C22H26N2O3/c1-16(2)24(15-18-7-5-17(14-23)6-8-18)22(25)12-9-19-13-20(26-3)10-11-21(19)27-4/h5-8,10-11,13,16H,9,12,15H2,1-4H3. The molecule has 5 heteroatoms. The second-order valence-corrected chi connectivity index (χ2v) is 6.60. The average molecular weight is 366 g/mol. The third kappa shape index (κ3) is 5.49. The van der Waals surface area contributed by atoms with E-state index in [4.69, 9.17) is 14.7 Å². The molecule has 0 bridgehead atoms. The lowest BCUT2D eigenvalue weighted by molar-refractivity contribution is -0.133. The van der Waals surface area contributed by atoms with E-state index in [9.17, 15) is 4.79 Å². The summed E-state index contributed by atoms with van der Waals surface area (Å²) in [7, 11) is 3.24. The highest BCUT2D eigenvalue weighted by Crippen LogP contribution is 2.25. The third-order valence-corrected chi connectivity index (χ3v) is 4.48. The van der Waals surface area contributed by atoms with E-state index in [0.29, 0.717) is 24.9 Å². The van der Waals surface area contributed by atoms with Gasteiger partial charge >= 0.3 is 0 Å². The Hall–Kier alpha value is -3.00. The average Bonchev–Trinajstić information content (AvgIpc) is 2.70. The predicted octanol–water partition coefficient (Wildman–Crippen LogP) is 3.95. The van der Waals surface area contributed by atoms with Gasteiger partial charge < -0.3 is 14.4 Å². The lowest BCUT2D eigenvalue weighted by atomic mass is 10.1. The number of hydrogen-bond donors (Lipinski definition) is 0. The quantitative estimate of drug-likeness (QED) is 0.710. The van der Waals surface area contributed by atoms with E-state index in [2.05, 4.69) is 6.07 Å². The number of hydrogen-bond acceptors (Lipinski definition) is 4. The summed E-state index contributed by atoms with van der Waals surface area (Å²) < 4.78 is 10.7. The van der Waals surface area contributed by atoms with Crippen molar-refractivity contribution in [2.24, 2.45) is 0 Å². The van der Waals surface area contributed by atoms with Crippen LogP contribution in [-0.2, 0) is 17.8 Å². The van der Waals surface area contributed by atoms with E-state index in [1.165, 1.54) is 0 Å². The summed E-state index contributed by atoms with van der Waals surface area (Å²) in [5.74, 6) is 1.59. The largest absolute Gasteiger partial charge is 0.497 e. The fraction of sp³-hybridized carbons (Fsp3) is 0.364. The Balaban J connectivity index is 2.08. The molecule has 0 saturated carbocycles. The molecule has 0 aromatic heterocycles. The number of amides is 1. The monoisotopic (exact) mass is 366 g/mol. The van der Waals surface area contributed by atoms with Gasteiger partial charge in [-0.1, -0.05) is 12.1 Å². The first kappa shape index (κ1) is 20.3. The molecule has 0 saturated heterocycles. The summed E-state index contributed by atoms with van der Waals surface area (Å²) in [6.45, 7) is 4.54. The fourth-order valence-corrected chi connectivity index (χ4v) is 2.90. The molecule has 142 valence electrons. The van der Waals surface area contributed by atoms with E-state index < -0.39 is 0 Å². The van der Waals surface area contributed by atoms with Crippen LogP contribution < -0.4 is 9.47 Å². The summed E-state index contributed by atoms with van der Waals surface area (Å²) in [5.41, 5.74) is 2.58. The van der Waals surface area contributed by atoms with Crippen LogP contribution in [0.3, 0.4) is 0 Å². The van der Waals surface area contributed by atoms with Crippen LogP contribution in [0.5, 0.6) is 11.5 Å². The summed E-state index contributed by atoms with van der Waals surface area (Å²) >= 11 is 0. The molecule has 0 aliphatic heterocycles. The molecule has 0 aliphatic carbocycles. The maximum atomic E-state index is 12.8. The van der Waals surface area contributed by atoms with Crippen LogP contribution in [0.2, 0.25) is 0 Å². The van der Waals surface area contributed by atoms with Gasteiger partial charge in [-0.05, 0) is 61.7 Å². The molecule has 0 fully saturated rings. The van der Waals surface area contributed by atoms with Gasteiger partial charge in [0.25, 0.3) is 0 Å². The number of ether oxygens (including phenoxy) is 2. The number of carbonyl (C=O) groups excluding carboxylic acids is 1. The Labute approximate surface area is 161 Å². The minimum atomic E-state index is 0.0826. The Morgan fingerprint density at radius 3 is 2.37 bits per heavy atom. The van der Waals surface area contributed by atoms with Crippen molar-refractivity contribution in [1.82, 2.24) is 4.90 Å². The topological polar surface area (TPSA) is 62.6 Å². The number of nitriles is 1. The minimum absolute atomic E-state index is 0.0826. The number of aryl methyl sites for hydroxylation is 1. The van der Waals surface area contributed by atoms with Gasteiger partial charge in [0.15, 0.2) is 0 Å². The van der Waals surface area contributed by atoms with Gasteiger partial charge in [0, 0.05) is 19.0 Å². The molecule has 2 rings (SSSR count). The number of carbonyl (C=O) groups is 1. The second-order valence-electron chi connectivity index (χ2n) is 6.60. The van der Waals surface area contributed by atoms with Gasteiger partial charge in [-0.2, -0.15) is 5.26 Å². The summed E-state index contributed by atoms with van der Waals surface area (Å²) in [5, 5.41) is 8.91. The summed E-state index contributed by atoms with van der Waals surface area (Å²) in [6, 6.07) is 15.1. The lowest BCUT2D eigenvalue weighted by Gasteiger charge is -2.27. The highest BCUT2D eigenvalue weighted by atomic mass is 16.5. The van der Waals surface area contributed by atoms with Crippen molar-refractivity contribution in [3.63, 3.8) is 0 Å². The number of benzene rings is 2. The van der Waals surface area contributed by atoms with Crippen LogP contribution in [-0.4, -0.2) is 31.1 Å². The van der Waals surface area contributed by atoms with E-state index in [-0.39, 0.29) is 11.9 Å². The van der Waals surface area contributed by atoms with Crippen molar-refractivity contribution < 1.29 is 14.3 Å². The molecule has 0 spiro atoms. The fourth-order valence-electron chi connectivity index (χ4n) is 2.90. The minimum Gasteiger partial charge on any atom is -0.497 e. The maximum absolute atomic E-state index is 12.8. The van der Waals surface area contributed by atoms with E-state index in [0.717, 1.165) is 22.6 Å². The molecular formula is C22H26N2O3. The first-order chi connectivity index (χ1) is 13.0. The van der Waals surface area contributed by atoms with Crippen LogP contribution >= 0.6 is 0 Å². The molecule has 0 N–H and O–H groups in total. The zero-order valence-corrected chi connectivity index (χ0v) is 16.4. The van der Waals surface area contributed by atoms with Gasteiger partial charge in [0.2, 0.25) is 5.91 Å². The second kappa shape index (κ2) is 9.63. The molecular weight excluding hydrogens is 340 g/mol. The Bertz CT molecular complexity index is 807. The van der Waals surface area contributed by atoms with Gasteiger partial charge in [0.1, 0.15) is 11.5 Å². The van der Waals surface area contributed by atoms with Gasteiger partial charge in [-0.15, -0.1) is 0 Å². The Morgan fingerprint density at radius 2 is 1.81 bits per heavy atom. The molecule has 0 unspecified atom stereocenters. The Morgan fingerprint density at radius 1 is 1.11 bits per heavy atom. The molecule has 27 heavy (non-hydrogen) atoms. The van der Waals surface area contributed by atoms with E-state index in [1.807, 2.05) is 49.1 Å². The molecule has 0 aliphatic rings. The molecule has 0 atom stereocenters. The Kier molecular flexibility index (Phi) is 7.25. The molecule has 2 aromatic rings. The van der Waals surface area contributed by atoms with Gasteiger partial charge in [-0.25, -0.2) is 0 Å². The molecule has 0 radical (unpaired) electrons. The van der Waals surface area contributed by atoms with Crippen molar-refractivity contribution in [2.45, 2.75) is 39.3 Å². The molecule has 5 nitrogen and oxygen atoms in total. The first-order valence-corrected chi connectivity index (χ1v) is 8.98. The van der Waals surface area contributed by atoms with Crippen LogP contribution in [0, 0.1) is 11.3 Å². The van der Waals surface area contributed by atoms with Crippen LogP contribution in [0.15, 0.2) is 42.5 Å². The van der Waals surface area contributed by atoms with Crippen molar-refractivity contribution in [3.05, 3.63) is 59.2 Å². The van der Waals surface area contributed by atoms with E-state index in [1.54, 1.807) is 26.4 Å². The van der Waals surface area contributed by atoms with Crippen LogP contribution in [0.25, 0.3) is 0 Å². The van der Waals surface area contributed by atoms with Gasteiger partial charge in [0.05, 0.1) is 25.9 Å². The zero-order valence-electron chi connectivity index (χ0n) is 16.4. The summed E-state index contributed by atoms with van der Waals surface area (Å²) in [6.07, 6.45) is 0.966. The third-order valence-electron chi connectivity index (χ3n) is 4.48. The zero-order chi connectivity index (χ0) is 19.8. The van der Waals surface area contributed by atoms with Crippen LogP contribution in [0.1, 0.15) is 37.0 Å². The smallest absolute Gasteiger partial charge is 0.223 e. The molecule has 0 heterocycles. The number of rotatable bonds is 8. The predicted molar refractivity (Wildman–Crippen MR) is 105 cm³/mol. The van der Waals surface area contributed by atoms with Crippen molar-refractivity contribution in [2.75, 3.05) is 14.2 Å². The highest BCUT2D eigenvalue weighted by Gasteiger charge is 2.18. The van der Waals surface area contributed by atoms with Crippen molar-refractivity contribution in [1.29, 1.82) is 5.26 Å². The summed E-state index contributed by atoms with van der Waals surface area (Å²) in [4.78, 5) is 14.7.